The van der Waals surface area contributed by atoms with Crippen molar-refractivity contribution in [3.63, 3.8) is 0 Å². The zero-order valence-electron chi connectivity index (χ0n) is 12.6. The first-order valence-corrected chi connectivity index (χ1v) is 9.09. The topological polar surface area (TPSA) is 57.0 Å². The molecule has 0 aliphatic rings. The van der Waals surface area contributed by atoms with E-state index in [0.29, 0.717) is 17.9 Å². The van der Waals surface area contributed by atoms with Crippen LogP contribution >= 0.6 is 22.7 Å². The van der Waals surface area contributed by atoms with E-state index in [1.165, 1.54) is 22.7 Å². The van der Waals surface area contributed by atoms with Crippen LogP contribution in [0.2, 0.25) is 0 Å². The van der Waals surface area contributed by atoms with Crippen LogP contribution in [0.1, 0.15) is 10.7 Å². The lowest BCUT2D eigenvalue weighted by Gasteiger charge is -2.03. The maximum Gasteiger partial charge on any atom is 0.271 e. The molecule has 3 aromatic heterocycles. The minimum absolute atomic E-state index is 0.0231. The van der Waals surface area contributed by atoms with Gasteiger partial charge in [-0.2, -0.15) is 0 Å². The number of nitrogens with zero attached hydrogens (tertiary/aromatic N) is 3. The molecule has 0 aliphatic carbocycles. The van der Waals surface area contributed by atoms with Crippen LogP contribution in [0.3, 0.4) is 0 Å². The van der Waals surface area contributed by atoms with Crippen molar-refractivity contribution in [3.8, 4) is 5.75 Å². The molecule has 120 valence electrons. The number of aromatic nitrogens is 3. The summed E-state index contributed by atoms with van der Waals surface area (Å²) in [6.45, 7) is 0.841. The van der Waals surface area contributed by atoms with Crippen molar-refractivity contribution in [2.45, 2.75) is 13.2 Å². The molecule has 4 aromatic rings. The van der Waals surface area contributed by atoms with Gasteiger partial charge in [-0.1, -0.05) is 18.2 Å². The largest absolute Gasteiger partial charge is 0.486 e. The SMILES string of the molecule is O=c1c2sccc2ncn1Cc1csc(COc2ccccc2)n1. The first kappa shape index (κ1) is 15.0. The highest BCUT2D eigenvalue weighted by Gasteiger charge is 2.08. The standard InChI is InChI=1S/C17H13N3O2S2/c21-17-16-14(6-7-23-16)18-11-20(17)8-12-10-24-15(19-12)9-22-13-4-2-1-3-5-13/h1-7,10-11H,8-9H2. The van der Waals surface area contributed by atoms with E-state index in [0.717, 1.165) is 22.0 Å². The summed E-state index contributed by atoms with van der Waals surface area (Å²) in [4.78, 5) is 21.2. The quantitative estimate of drug-likeness (QED) is 0.549. The maximum atomic E-state index is 12.4. The van der Waals surface area contributed by atoms with Crippen LogP contribution < -0.4 is 10.3 Å². The van der Waals surface area contributed by atoms with Crippen molar-refractivity contribution >= 4 is 32.9 Å². The average Bonchev–Trinajstić information content (AvgIpc) is 3.26. The Labute approximate surface area is 145 Å². The maximum absolute atomic E-state index is 12.4. The number of para-hydroxylation sites is 1. The fourth-order valence-corrected chi connectivity index (χ4v) is 3.80. The van der Waals surface area contributed by atoms with E-state index >= 15 is 0 Å². The number of ether oxygens (including phenoxy) is 1. The van der Waals surface area contributed by atoms with Gasteiger partial charge in [0.05, 0.1) is 24.1 Å². The Balaban J connectivity index is 1.48. The zero-order chi connectivity index (χ0) is 16.4. The Morgan fingerprint density at radius 2 is 2.00 bits per heavy atom. The molecule has 7 heteroatoms. The van der Waals surface area contributed by atoms with Crippen LogP contribution in [0.5, 0.6) is 5.75 Å². The molecule has 0 amide bonds. The predicted molar refractivity (Wildman–Crippen MR) is 95.9 cm³/mol. The van der Waals surface area contributed by atoms with Crippen LogP contribution in [0.15, 0.2) is 58.3 Å². The van der Waals surface area contributed by atoms with E-state index in [1.807, 2.05) is 47.2 Å². The number of hydrogen-bond acceptors (Lipinski definition) is 6. The van der Waals surface area contributed by atoms with Gasteiger partial charge in [0.15, 0.2) is 0 Å². The van der Waals surface area contributed by atoms with Gasteiger partial charge in [0.25, 0.3) is 5.56 Å². The molecule has 1 aromatic carbocycles. The Hall–Kier alpha value is -2.51. The Kier molecular flexibility index (Phi) is 4.10. The second-order valence-electron chi connectivity index (χ2n) is 5.15. The fraction of sp³-hybridized carbons (Fsp3) is 0.118. The third-order valence-corrected chi connectivity index (χ3v) is 5.24. The molecule has 0 fully saturated rings. The molecule has 24 heavy (non-hydrogen) atoms. The highest BCUT2D eigenvalue weighted by Crippen LogP contribution is 2.16. The molecule has 4 rings (SSSR count). The molecular formula is C17H13N3O2S2. The summed E-state index contributed by atoms with van der Waals surface area (Å²) in [5.74, 6) is 0.817. The summed E-state index contributed by atoms with van der Waals surface area (Å²) in [5.41, 5.74) is 1.56. The molecule has 5 nitrogen and oxygen atoms in total. The monoisotopic (exact) mass is 355 g/mol. The van der Waals surface area contributed by atoms with Crippen LogP contribution in [-0.2, 0) is 13.2 Å². The van der Waals surface area contributed by atoms with E-state index in [2.05, 4.69) is 9.97 Å². The van der Waals surface area contributed by atoms with Crippen LogP contribution in [-0.4, -0.2) is 14.5 Å². The van der Waals surface area contributed by atoms with Gasteiger partial charge in [-0.05, 0) is 23.6 Å². The van der Waals surface area contributed by atoms with E-state index in [4.69, 9.17) is 4.74 Å². The number of rotatable bonds is 5. The van der Waals surface area contributed by atoms with Gasteiger partial charge in [-0.3, -0.25) is 9.36 Å². The number of hydrogen-bond donors (Lipinski definition) is 0. The Morgan fingerprint density at radius 1 is 1.12 bits per heavy atom. The lowest BCUT2D eigenvalue weighted by molar-refractivity contribution is 0.305. The summed E-state index contributed by atoms with van der Waals surface area (Å²) >= 11 is 2.95. The lowest BCUT2D eigenvalue weighted by atomic mass is 10.3. The van der Waals surface area contributed by atoms with Crippen LogP contribution in [0.4, 0.5) is 0 Å². The normalized spacial score (nSPS) is 11.0. The number of fused-ring (bicyclic) bond motifs is 1. The fourth-order valence-electron chi connectivity index (χ4n) is 2.32. The van der Waals surface area contributed by atoms with Crippen molar-refractivity contribution in [1.82, 2.24) is 14.5 Å². The third kappa shape index (κ3) is 3.08. The smallest absolute Gasteiger partial charge is 0.271 e. The van der Waals surface area contributed by atoms with Gasteiger partial charge in [0, 0.05) is 5.38 Å². The van der Waals surface area contributed by atoms with Gasteiger partial charge in [-0.25, -0.2) is 9.97 Å². The predicted octanol–water partition coefficient (Wildman–Crippen LogP) is 3.54. The number of benzene rings is 1. The summed E-state index contributed by atoms with van der Waals surface area (Å²) in [5, 5.41) is 4.71. The van der Waals surface area contributed by atoms with Gasteiger partial charge < -0.3 is 4.74 Å². The summed E-state index contributed by atoms with van der Waals surface area (Å²) in [6.07, 6.45) is 1.58. The highest BCUT2D eigenvalue weighted by atomic mass is 32.1. The second-order valence-corrected chi connectivity index (χ2v) is 7.01. The van der Waals surface area contributed by atoms with Crippen LogP contribution in [0.25, 0.3) is 10.2 Å². The minimum Gasteiger partial charge on any atom is -0.486 e. The third-order valence-electron chi connectivity index (χ3n) is 3.47. The molecule has 3 heterocycles. The molecule has 0 radical (unpaired) electrons. The molecule has 0 N–H and O–H groups in total. The Bertz CT molecular complexity index is 1020. The molecule has 0 bridgehead atoms. The molecule has 0 saturated carbocycles. The van der Waals surface area contributed by atoms with Crippen molar-refractivity contribution in [3.05, 3.63) is 74.5 Å². The lowest BCUT2D eigenvalue weighted by Crippen LogP contribution is -2.20. The summed E-state index contributed by atoms with van der Waals surface area (Å²) < 4.78 is 7.97. The van der Waals surface area contributed by atoms with Crippen molar-refractivity contribution in [2.75, 3.05) is 0 Å². The molecular weight excluding hydrogens is 342 g/mol. The van der Waals surface area contributed by atoms with E-state index in [-0.39, 0.29) is 5.56 Å². The summed E-state index contributed by atoms with van der Waals surface area (Å²) in [6, 6.07) is 11.5. The van der Waals surface area contributed by atoms with Gasteiger partial charge in [0.2, 0.25) is 0 Å². The van der Waals surface area contributed by atoms with Gasteiger partial charge in [0.1, 0.15) is 22.1 Å². The zero-order valence-corrected chi connectivity index (χ0v) is 14.2. The van der Waals surface area contributed by atoms with Crippen molar-refractivity contribution in [2.24, 2.45) is 0 Å². The first-order chi connectivity index (χ1) is 11.8. The van der Waals surface area contributed by atoms with Crippen molar-refractivity contribution in [1.29, 1.82) is 0 Å². The molecule has 0 unspecified atom stereocenters. The summed E-state index contributed by atoms with van der Waals surface area (Å²) in [7, 11) is 0. The Morgan fingerprint density at radius 3 is 2.88 bits per heavy atom. The van der Waals surface area contributed by atoms with Gasteiger partial charge >= 0.3 is 0 Å². The second kappa shape index (κ2) is 6.54. The molecule has 0 aliphatic heterocycles. The van der Waals surface area contributed by atoms with Gasteiger partial charge in [-0.15, -0.1) is 22.7 Å². The molecule has 0 saturated heterocycles. The van der Waals surface area contributed by atoms with Crippen LogP contribution in [0, 0.1) is 0 Å². The van der Waals surface area contributed by atoms with E-state index < -0.39 is 0 Å². The van der Waals surface area contributed by atoms with Crippen molar-refractivity contribution < 1.29 is 4.74 Å². The molecule has 0 atom stereocenters. The number of thiazole rings is 1. The highest BCUT2D eigenvalue weighted by molar-refractivity contribution is 7.17. The molecule has 0 spiro atoms. The average molecular weight is 355 g/mol. The number of thiophene rings is 1. The van der Waals surface area contributed by atoms with E-state index in [1.54, 1.807) is 10.9 Å². The minimum atomic E-state index is -0.0231. The first-order valence-electron chi connectivity index (χ1n) is 7.33. The van der Waals surface area contributed by atoms with E-state index in [9.17, 15) is 4.79 Å².